The third-order valence-electron chi connectivity index (χ3n) is 9.04. The molecule has 0 bridgehead atoms. The summed E-state index contributed by atoms with van der Waals surface area (Å²) in [5.74, 6) is 0.256. The van der Waals surface area contributed by atoms with Crippen LogP contribution in [0.1, 0.15) is 85.0 Å². The van der Waals surface area contributed by atoms with E-state index in [1.165, 1.54) is 0 Å². The second-order valence-electron chi connectivity index (χ2n) is 12.4. The maximum absolute atomic E-state index is 13.1. The summed E-state index contributed by atoms with van der Waals surface area (Å²) in [5, 5.41) is 21.4. The van der Waals surface area contributed by atoms with Gasteiger partial charge >= 0.3 is 0 Å². The average molecular weight is 674 g/mol. The lowest BCUT2D eigenvalue weighted by atomic mass is 10.0. The molecule has 4 rings (SSSR count). The normalized spacial score (nSPS) is 12.0. The van der Waals surface area contributed by atoms with Crippen LogP contribution in [0.5, 0.6) is 0 Å². The number of aromatic amines is 1. The standard InChI is InChI=1S/C41H51N7O2/c1-8-27(4)39(47-40(42)31-15-12-11-13-16-31)32-17-14-18-33(24-32)46-34-19-20-35(37(25-34)44-26-49)28(5)23-36-29(6)38(30(7)45-36)41(50)43-21-22-48(9-2)10-3/h11-20,23-26,45-46H,8-10,21-22H2,1-7H3,(H2,42,47)(H,43,50)(H,44,49)/b28-23+,39-27+. The minimum atomic E-state index is -0.0822. The summed E-state index contributed by atoms with van der Waals surface area (Å²) in [4.78, 5) is 30.5. The van der Waals surface area contributed by atoms with Gasteiger partial charge in [0.1, 0.15) is 5.84 Å². The number of likely N-dealkylation sites (N-methyl/N-ethyl adjacent to an activating group) is 1. The molecule has 0 saturated carbocycles. The van der Waals surface area contributed by atoms with Crippen LogP contribution in [-0.4, -0.2) is 54.2 Å². The first-order chi connectivity index (χ1) is 24.1. The summed E-state index contributed by atoms with van der Waals surface area (Å²) in [6.07, 6.45) is 3.53. The molecule has 50 heavy (non-hydrogen) atoms. The van der Waals surface area contributed by atoms with Crippen LogP contribution in [0.2, 0.25) is 0 Å². The number of hydrogen-bond acceptors (Lipinski definition) is 5. The fourth-order valence-electron chi connectivity index (χ4n) is 5.98. The van der Waals surface area contributed by atoms with Gasteiger partial charge < -0.3 is 31.2 Å². The lowest BCUT2D eigenvalue weighted by molar-refractivity contribution is -0.105. The molecule has 6 N–H and O–H groups in total. The van der Waals surface area contributed by atoms with Gasteiger partial charge in [0.05, 0.1) is 11.3 Å². The molecule has 0 aliphatic carbocycles. The molecule has 0 radical (unpaired) electrons. The second kappa shape index (κ2) is 17.8. The van der Waals surface area contributed by atoms with Crippen molar-refractivity contribution in [3.63, 3.8) is 0 Å². The molecule has 0 unspecified atom stereocenters. The van der Waals surface area contributed by atoms with E-state index in [-0.39, 0.29) is 5.91 Å². The van der Waals surface area contributed by atoms with Gasteiger partial charge in [-0.3, -0.25) is 15.0 Å². The predicted molar refractivity (Wildman–Crippen MR) is 209 cm³/mol. The van der Waals surface area contributed by atoms with E-state index in [1.807, 2.05) is 93.6 Å². The van der Waals surface area contributed by atoms with Crippen molar-refractivity contribution in [2.75, 3.05) is 36.8 Å². The van der Waals surface area contributed by atoms with Gasteiger partial charge in [0.25, 0.3) is 5.91 Å². The molecule has 262 valence electrons. The number of amidine groups is 1. The molecule has 0 aliphatic rings. The number of amides is 2. The van der Waals surface area contributed by atoms with Crippen molar-refractivity contribution in [3.8, 4) is 0 Å². The van der Waals surface area contributed by atoms with Crippen LogP contribution in [0.15, 0.2) is 78.4 Å². The number of H-pyrrole nitrogens is 1. The fourth-order valence-corrected chi connectivity index (χ4v) is 5.98. The van der Waals surface area contributed by atoms with Gasteiger partial charge in [-0.2, -0.15) is 0 Å². The van der Waals surface area contributed by atoms with Crippen LogP contribution in [0, 0.1) is 19.3 Å². The molecular formula is C41H51N7O2. The van der Waals surface area contributed by atoms with Crippen molar-refractivity contribution in [2.24, 2.45) is 0 Å². The zero-order chi connectivity index (χ0) is 36.2. The van der Waals surface area contributed by atoms with Crippen molar-refractivity contribution in [3.05, 3.63) is 118 Å². The van der Waals surface area contributed by atoms with E-state index in [2.05, 4.69) is 64.9 Å². The Kier molecular flexibility index (Phi) is 13.3. The van der Waals surface area contributed by atoms with Crippen molar-refractivity contribution in [1.29, 1.82) is 5.41 Å². The van der Waals surface area contributed by atoms with Crippen molar-refractivity contribution >= 4 is 52.6 Å². The number of nitrogens with one attached hydrogen (secondary N) is 6. The predicted octanol–water partition coefficient (Wildman–Crippen LogP) is 8.33. The molecule has 0 spiro atoms. The van der Waals surface area contributed by atoms with Crippen LogP contribution in [0.4, 0.5) is 17.1 Å². The quantitative estimate of drug-likeness (QED) is 0.0405. The van der Waals surface area contributed by atoms with Crippen LogP contribution in [0.25, 0.3) is 17.3 Å². The van der Waals surface area contributed by atoms with Crippen LogP contribution >= 0.6 is 0 Å². The number of aromatic nitrogens is 1. The first kappa shape index (κ1) is 37.4. The highest BCUT2D eigenvalue weighted by atomic mass is 16.1. The number of aryl methyl sites for hydroxylation is 1. The first-order valence-electron chi connectivity index (χ1n) is 17.3. The summed E-state index contributed by atoms with van der Waals surface area (Å²) in [5.41, 5.74) is 11.2. The highest BCUT2D eigenvalue weighted by Gasteiger charge is 2.18. The molecule has 2 amide bonds. The van der Waals surface area contributed by atoms with Gasteiger partial charge in [0.15, 0.2) is 0 Å². The molecule has 0 saturated heterocycles. The summed E-state index contributed by atoms with van der Waals surface area (Å²) < 4.78 is 0. The topological polar surface area (TPSA) is 125 Å². The molecule has 1 aromatic heterocycles. The zero-order valence-electron chi connectivity index (χ0n) is 30.4. The molecule has 4 aromatic rings. The van der Waals surface area contributed by atoms with Gasteiger partial charge in [0, 0.05) is 52.7 Å². The van der Waals surface area contributed by atoms with Gasteiger partial charge in [-0.05, 0) is 99.8 Å². The number of carbonyl (C=O) groups excluding carboxylic acids is 2. The van der Waals surface area contributed by atoms with Gasteiger partial charge in [-0.25, -0.2) is 0 Å². The Morgan fingerprint density at radius 1 is 0.900 bits per heavy atom. The molecule has 3 aromatic carbocycles. The first-order valence-corrected chi connectivity index (χ1v) is 17.3. The summed E-state index contributed by atoms with van der Waals surface area (Å²) in [7, 11) is 0. The van der Waals surface area contributed by atoms with Crippen molar-refractivity contribution in [1.82, 2.24) is 20.5 Å². The highest BCUT2D eigenvalue weighted by molar-refractivity contribution is 6.02. The Hall–Kier alpha value is -5.41. The number of rotatable bonds is 16. The molecule has 0 aliphatic heterocycles. The Bertz CT molecular complexity index is 1870. The van der Waals surface area contributed by atoms with Crippen LogP contribution in [0.3, 0.4) is 0 Å². The molecule has 9 nitrogen and oxygen atoms in total. The second-order valence-corrected chi connectivity index (χ2v) is 12.4. The van der Waals surface area contributed by atoms with Gasteiger partial charge in [-0.15, -0.1) is 0 Å². The molecule has 0 fully saturated rings. The van der Waals surface area contributed by atoms with Crippen LogP contribution < -0.4 is 21.3 Å². The van der Waals surface area contributed by atoms with E-state index >= 15 is 0 Å². The highest BCUT2D eigenvalue weighted by Crippen LogP contribution is 2.32. The maximum Gasteiger partial charge on any atom is 0.253 e. The summed E-state index contributed by atoms with van der Waals surface area (Å²) >= 11 is 0. The number of hydrogen-bond donors (Lipinski definition) is 6. The van der Waals surface area contributed by atoms with E-state index < -0.39 is 0 Å². The SMILES string of the molecule is CC/C(C)=C(/NC(=N)c1ccccc1)c1cccc(Nc2ccc(/C(C)=C/c3[nH]c(C)c(C(=O)NCCN(CC)CC)c3C)c(NC=O)c2)c1. The number of anilines is 3. The van der Waals surface area contributed by atoms with E-state index in [0.717, 1.165) is 87.9 Å². The molecular weight excluding hydrogens is 622 g/mol. The number of benzene rings is 3. The minimum absolute atomic E-state index is 0.0822. The largest absolute Gasteiger partial charge is 0.358 e. The van der Waals surface area contributed by atoms with Crippen LogP contribution in [-0.2, 0) is 4.79 Å². The van der Waals surface area contributed by atoms with Crippen molar-refractivity contribution in [2.45, 2.75) is 54.9 Å². The number of nitrogens with zero attached hydrogens (tertiary/aromatic N) is 1. The average Bonchev–Trinajstić information content (AvgIpc) is 3.40. The van der Waals surface area contributed by atoms with E-state index in [0.29, 0.717) is 30.0 Å². The Labute approximate surface area is 296 Å². The number of allylic oxidation sites excluding steroid dienone is 2. The smallest absolute Gasteiger partial charge is 0.253 e. The third kappa shape index (κ3) is 9.39. The Morgan fingerprint density at radius 2 is 1.60 bits per heavy atom. The molecule has 9 heteroatoms. The fraction of sp³-hybridized carbons (Fsp3) is 0.293. The maximum atomic E-state index is 13.1. The van der Waals surface area contributed by atoms with E-state index in [9.17, 15) is 9.59 Å². The van der Waals surface area contributed by atoms with Gasteiger partial charge in [0.2, 0.25) is 6.41 Å². The molecule has 1 heterocycles. The van der Waals surface area contributed by atoms with Gasteiger partial charge in [-0.1, -0.05) is 69.3 Å². The monoisotopic (exact) mass is 673 g/mol. The Balaban J connectivity index is 1.55. The molecule has 0 atom stereocenters. The zero-order valence-corrected chi connectivity index (χ0v) is 30.4. The summed E-state index contributed by atoms with van der Waals surface area (Å²) in [6.45, 7) is 17.6. The Morgan fingerprint density at radius 3 is 2.28 bits per heavy atom. The lowest BCUT2D eigenvalue weighted by Crippen LogP contribution is -2.35. The van der Waals surface area contributed by atoms with E-state index in [1.54, 1.807) is 0 Å². The van der Waals surface area contributed by atoms with E-state index in [4.69, 9.17) is 5.41 Å². The minimum Gasteiger partial charge on any atom is -0.358 e. The third-order valence-corrected chi connectivity index (χ3v) is 9.04. The number of carbonyl (C=O) groups is 2. The lowest BCUT2D eigenvalue weighted by Gasteiger charge is -2.18. The summed E-state index contributed by atoms with van der Waals surface area (Å²) in [6, 6.07) is 23.6. The van der Waals surface area contributed by atoms with Crippen molar-refractivity contribution < 1.29 is 9.59 Å².